The quantitative estimate of drug-likeness (QED) is 0.101. The van der Waals surface area contributed by atoms with E-state index in [4.69, 9.17) is 9.47 Å². The maximum atomic E-state index is 12.9. The summed E-state index contributed by atoms with van der Waals surface area (Å²) in [6.45, 7) is 4.90. The van der Waals surface area contributed by atoms with Crippen molar-refractivity contribution in [3.05, 3.63) is 143 Å². The molecular weight excluding hydrogens is 516 g/mol. The van der Waals surface area contributed by atoms with Crippen LogP contribution in [0.3, 0.4) is 0 Å². The molecular formula is C39H46O3. The normalized spacial score (nSPS) is 12.4. The SMILES string of the molecule is CCCCCc1ccc(C(COC(=O)OCC(c2ccccc2)c2ccc(CCCCC)cc2)c2ccccc2)cc1. The van der Waals surface area contributed by atoms with Gasteiger partial charge >= 0.3 is 6.16 Å². The van der Waals surface area contributed by atoms with E-state index in [1.807, 2.05) is 36.4 Å². The van der Waals surface area contributed by atoms with E-state index in [0.717, 1.165) is 35.1 Å². The molecule has 0 bridgehead atoms. The molecule has 0 aromatic heterocycles. The molecule has 0 aliphatic heterocycles. The Morgan fingerprint density at radius 1 is 0.500 bits per heavy atom. The minimum atomic E-state index is -0.635. The lowest BCUT2D eigenvalue weighted by Crippen LogP contribution is -2.18. The fourth-order valence-electron chi connectivity index (χ4n) is 5.48. The molecule has 2 unspecified atom stereocenters. The Hall–Kier alpha value is -3.85. The van der Waals surface area contributed by atoms with Gasteiger partial charge in [0.15, 0.2) is 0 Å². The second-order valence-electron chi connectivity index (χ2n) is 11.2. The standard InChI is InChI=1S/C39H46O3/c1-3-5-9-15-31-21-25-35(26-22-31)37(33-17-11-7-12-18-33)29-41-39(40)42-30-38(34-19-13-8-14-20-34)36-27-23-32(24-28-36)16-10-6-4-2/h7-8,11-14,17-28,37-38H,3-6,9-10,15-16,29-30H2,1-2H3. The van der Waals surface area contributed by atoms with Crippen molar-refractivity contribution < 1.29 is 14.3 Å². The van der Waals surface area contributed by atoms with E-state index in [0.29, 0.717) is 0 Å². The van der Waals surface area contributed by atoms with E-state index in [2.05, 4.69) is 86.6 Å². The first kappa shape index (κ1) is 31.1. The lowest BCUT2D eigenvalue weighted by atomic mass is 9.91. The number of hydrogen-bond acceptors (Lipinski definition) is 3. The molecule has 0 aliphatic rings. The van der Waals surface area contributed by atoms with Gasteiger partial charge in [0.05, 0.1) is 0 Å². The highest BCUT2D eigenvalue weighted by molar-refractivity contribution is 5.60. The van der Waals surface area contributed by atoms with Gasteiger partial charge in [-0.25, -0.2) is 4.79 Å². The van der Waals surface area contributed by atoms with Gasteiger partial charge in [-0.1, -0.05) is 149 Å². The largest absolute Gasteiger partial charge is 0.508 e. The third-order valence-corrected chi connectivity index (χ3v) is 8.04. The molecule has 0 heterocycles. The summed E-state index contributed by atoms with van der Waals surface area (Å²) < 4.78 is 11.5. The zero-order valence-electron chi connectivity index (χ0n) is 25.3. The van der Waals surface area contributed by atoms with E-state index in [-0.39, 0.29) is 25.0 Å². The van der Waals surface area contributed by atoms with Crippen LogP contribution in [0.25, 0.3) is 0 Å². The van der Waals surface area contributed by atoms with Crippen LogP contribution in [0.15, 0.2) is 109 Å². The van der Waals surface area contributed by atoms with Crippen LogP contribution in [0.4, 0.5) is 4.79 Å². The van der Waals surface area contributed by atoms with Crippen molar-refractivity contribution in [3.8, 4) is 0 Å². The summed E-state index contributed by atoms with van der Waals surface area (Å²) in [6, 6.07) is 38.0. The Labute approximate surface area is 252 Å². The lowest BCUT2D eigenvalue weighted by Gasteiger charge is -2.20. The first-order valence-electron chi connectivity index (χ1n) is 15.7. The van der Waals surface area contributed by atoms with Crippen molar-refractivity contribution in [3.63, 3.8) is 0 Å². The topological polar surface area (TPSA) is 35.5 Å². The predicted octanol–water partition coefficient (Wildman–Crippen LogP) is 10.3. The van der Waals surface area contributed by atoms with Crippen molar-refractivity contribution in [2.45, 2.75) is 77.0 Å². The highest BCUT2D eigenvalue weighted by Crippen LogP contribution is 2.28. The Morgan fingerprint density at radius 2 is 0.857 bits per heavy atom. The van der Waals surface area contributed by atoms with Crippen LogP contribution in [0.1, 0.15) is 97.6 Å². The second kappa shape index (κ2) is 17.2. The average molecular weight is 563 g/mol. The third-order valence-electron chi connectivity index (χ3n) is 8.04. The number of rotatable bonds is 16. The van der Waals surface area contributed by atoms with Gasteiger partial charge in [-0.2, -0.15) is 0 Å². The number of aryl methyl sites for hydroxylation is 2. The van der Waals surface area contributed by atoms with Crippen LogP contribution in [0.2, 0.25) is 0 Å². The summed E-state index contributed by atoms with van der Waals surface area (Å²) in [5.41, 5.74) is 7.19. The van der Waals surface area contributed by atoms with Crippen molar-refractivity contribution in [1.82, 2.24) is 0 Å². The number of unbranched alkanes of at least 4 members (excludes halogenated alkanes) is 4. The maximum absolute atomic E-state index is 12.9. The zero-order valence-corrected chi connectivity index (χ0v) is 25.3. The summed E-state index contributed by atoms with van der Waals surface area (Å²) in [6.07, 6.45) is 8.91. The van der Waals surface area contributed by atoms with E-state index in [9.17, 15) is 4.79 Å². The number of ether oxygens (including phenoxy) is 2. The molecule has 2 atom stereocenters. The van der Waals surface area contributed by atoms with Crippen LogP contribution in [0, 0.1) is 0 Å². The van der Waals surface area contributed by atoms with E-state index in [1.165, 1.54) is 49.7 Å². The monoisotopic (exact) mass is 562 g/mol. The Balaban J connectivity index is 1.40. The number of hydrogen-bond donors (Lipinski definition) is 0. The molecule has 0 fully saturated rings. The van der Waals surface area contributed by atoms with E-state index in [1.54, 1.807) is 0 Å². The Bertz CT molecular complexity index is 1190. The molecule has 0 N–H and O–H groups in total. The summed E-state index contributed by atoms with van der Waals surface area (Å²) in [5.74, 6) is -0.123. The van der Waals surface area contributed by atoms with Gasteiger partial charge in [-0.15, -0.1) is 0 Å². The van der Waals surface area contributed by atoms with Crippen LogP contribution in [-0.2, 0) is 22.3 Å². The van der Waals surface area contributed by atoms with Gasteiger partial charge in [0, 0.05) is 11.8 Å². The molecule has 0 radical (unpaired) electrons. The van der Waals surface area contributed by atoms with Gasteiger partial charge in [0.1, 0.15) is 13.2 Å². The first-order valence-corrected chi connectivity index (χ1v) is 15.7. The molecule has 4 rings (SSSR count). The minimum Gasteiger partial charge on any atom is -0.433 e. The van der Waals surface area contributed by atoms with Crippen LogP contribution in [-0.4, -0.2) is 19.4 Å². The highest BCUT2D eigenvalue weighted by atomic mass is 16.7. The smallest absolute Gasteiger partial charge is 0.433 e. The first-order chi connectivity index (χ1) is 20.7. The number of carbonyl (C=O) groups excluding carboxylic acids is 1. The predicted molar refractivity (Wildman–Crippen MR) is 173 cm³/mol. The van der Waals surface area contributed by atoms with Gasteiger partial charge in [-0.05, 0) is 59.1 Å². The molecule has 0 amide bonds. The molecule has 3 heteroatoms. The van der Waals surface area contributed by atoms with Crippen LogP contribution < -0.4 is 0 Å². The summed E-state index contributed by atoms with van der Waals surface area (Å²) >= 11 is 0. The molecule has 3 nitrogen and oxygen atoms in total. The van der Waals surface area contributed by atoms with Gasteiger partial charge < -0.3 is 9.47 Å². The molecule has 0 spiro atoms. The van der Waals surface area contributed by atoms with E-state index < -0.39 is 6.16 Å². The summed E-state index contributed by atoms with van der Waals surface area (Å²) in [4.78, 5) is 12.9. The Kier molecular flexibility index (Phi) is 12.7. The zero-order chi connectivity index (χ0) is 29.4. The second-order valence-corrected chi connectivity index (χ2v) is 11.2. The molecule has 4 aromatic rings. The van der Waals surface area contributed by atoms with Gasteiger partial charge in [0.25, 0.3) is 0 Å². The summed E-state index contributed by atoms with van der Waals surface area (Å²) in [7, 11) is 0. The molecule has 0 saturated heterocycles. The number of benzene rings is 4. The van der Waals surface area contributed by atoms with Crippen molar-refractivity contribution in [2.75, 3.05) is 13.2 Å². The Morgan fingerprint density at radius 3 is 1.21 bits per heavy atom. The van der Waals surface area contributed by atoms with Crippen molar-refractivity contribution in [2.24, 2.45) is 0 Å². The third kappa shape index (κ3) is 9.62. The average Bonchev–Trinajstić information content (AvgIpc) is 3.04. The van der Waals surface area contributed by atoms with Crippen LogP contribution in [0.5, 0.6) is 0 Å². The molecule has 0 saturated carbocycles. The fraction of sp³-hybridized carbons (Fsp3) is 0.359. The van der Waals surface area contributed by atoms with Gasteiger partial charge in [0.2, 0.25) is 0 Å². The minimum absolute atomic E-state index is 0.0615. The van der Waals surface area contributed by atoms with E-state index >= 15 is 0 Å². The fourth-order valence-corrected chi connectivity index (χ4v) is 5.48. The molecule has 0 aliphatic carbocycles. The van der Waals surface area contributed by atoms with Crippen molar-refractivity contribution in [1.29, 1.82) is 0 Å². The number of carbonyl (C=O) groups is 1. The molecule has 4 aromatic carbocycles. The van der Waals surface area contributed by atoms with Gasteiger partial charge in [-0.3, -0.25) is 0 Å². The summed E-state index contributed by atoms with van der Waals surface area (Å²) in [5, 5.41) is 0. The molecule has 42 heavy (non-hydrogen) atoms. The van der Waals surface area contributed by atoms with Crippen molar-refractivity contribution >= 4 is 6.16 Å². The van der Waals surface area contributed by atoms with Crippen LogP contribution >= 0.6 is 0 Å². The highest BCUT2D eigenvalue weighted by Gasteiger charge is 2.20. The lowest BCUT2D eigenvalue weighted by molar-refractivity contribution is 0.0511. The maximum Gasteiger partial charge on any atom is 0.508 e. The molecule has 220 valence electrons.